The Hall–Kier alpha value is -2.63. The Labute approximate surface area is 140 Å². The Kier molecular flexibility index (Phi) is 4.38. The minimum Gasteiger partial charge on any atom is -0.477 e. The number of likely N-dealkylation sites (tertiary alicyclic amines) is 1. The normalized spacial score (nSPS) is 20.8. The van der Waals surface area contributed by atoms with Gasteiger partial charge in [0.05, 0.1) is 6.04 Å². The molecule has 2 atom stereocenters. The standard InChI is InChI=1S/C18H20N2O4/c1-11-6-8-20(15(9-11)16-4-3-12(2)24-16)17(21)13-5-7-19-14(10-13)18(22)23/h3-5,7,10-11,15H,6,8-9H2,1-2H3,(H,22,23). The maximum absolute atomic E-state index is 12.9. The molecule has 24 heavy (non-hydrogen) atoms. The van der Waals surface area contributed by atoms with E-state index in [0.717, 1.165) is 24.4 Å². The third kappa shape index (κ3) is 3.18. The van der Waals surface area contributed by atoms with E-state index in [0.29, 0.717) is 18.0 Å². The Morgan fingerprint density at radius 2 is 2.12 bits per heavy atom. The summed E-state index contributed by atoms with van der Waals surface area (Å²) < 4.78 is 5.75. The number of pyridine rings is 1. The van der Waals surface area contributed by atoms with Crippen LogP contribution in [0.5, 0.6) is 0 Å². The molecule has 1 aliphatic rings. The SMILES string of the molecule is Cc1ccc(C2CC(C)CCN2C(=O)c2ccnc(C(=O)O)c2)o1. The molecular weight excluding hydrogens is 308 g/mol. The molecule has 0 bridgehead atoms. The van der Waals surface area contributed by atoms with Crippen LogP contribution < -0.4 is 0 Å². The molecule has 0 aromatic carbocycles. The van der Waals surface area contributed by atoms with Crippen molar-refractivity contribution in [1.29, 1.82) is 0 Å². The van der Waals surface area contributed by atoms with E-state index in [1.54, 1.807) is 11.0 Å². The van der Waals surface area contributed by atoms with E-state index in [-0.39, 0.29) is 17.6 Å². The molecule has 2 aromatic rings. The van der Waals surface area contributed by atoms with Crippen molar-refractivity contribution in [3.05, 3.63) is 53.2 Å². The molecule has 6 heteroatoms. The van der Waals surface area contributed by atoms with Gasteiger partial charge in [-0.1, -0.05) is 6.92 Å². The number of furan rings is 1. The monoisotopic (exact) mass is 328 g/mol. The lowest BCUT2D eigenvalue weighted by Crippen LogP contribution is -2.40. The number of carboxylic acids is 1. The van der Waals surface area contributed by atoms with E-state index in [1.165, 1.54) is 12.3 Å². The Morgan fingerprint density at radius 1 is 1.33 bits per heavy atom. The van der Waals surface area contributed by atoms with Crippen molar-refractivity contribution in [1.82, 2.24) is 9.88 Å². The minimum atomic E-state index is -1.14. The zero-order chi connectivity index (χ0) is 17.3. The predicted molar refractivity (Wildman–Crippen MR) is 86.8 cm³/mol. The van der Waals surface area contributed by atoms with Crippen LogP contribution >= 0.6 is 0 Å². The van der Waals surface area contributed by atoms with Crippen LogP contribution in [0.3, 0.4) is 0 Å². The van der Waals surface area contributed by atoms with Crippen molar-refractivity contribution >= 4 is 11.9 Å². The lowest BCUT2D eigenvalue weighted by Gasteiger charge is -2.37. The molecular formula is C18H20N2O4. The van der Waals surface area contributed by atoms with Crippen LogP contribution in [-0.2, 0) is 0 Å². The Morgan fingerprint density at radius 3 is 2.79 bits per heavy atom. The molecule has 1 N–H and O–H groups in total. The Bertz CT molecular complexity index is 768. The second-order valence-corrected chi connectivity index (χ2v) is 6.33. The minimum absolute atomic E-state index is 0.128. The fourth-order valence-electron chi connectivity index (χ4n) is 3.13. The summed E-state index contributed by atoms with van der Waals surface area (Å²) in [7, 11) is 0. The van der Waals surface area contributed by atoms with Gasteiger partial charge in [-0.3, -0.25) is 4.79 Å². The van der Waals surface area contributed by atoms with E-state index >= 15 is 0 Å². The quantitative estimate of drug-likeness (QED) is 0.934. The molecule has 2 aromatic heterocycles. The van der Waals surface area contributed by atoms with Crippen molar-refractivity contribution in [2.45, 2.75) is 32.7 Å². The van der Waals surface area contributed by atoms with Gasteiger partial charge >= 0.3 is 5.97 Å². The summed E-state index contributed by atoms with van der Waals surface area (Å²) in [6, 6.07) is 6.56. The lowest BCUT2D eigenvalue weighted by atomic mass is 9.90. The summed E-state index contributed by atoms with van der Waals surface area (Å²) in [5, 5.41) is 9.07. The second kappa shape index (κ2) is 6.47. The van der Waals surface area contributed by atoms with Crippen LogP contribution in [0.25, 0.3) is 0 Å². The zero-order valence-electron chi connectivity index (χ0n) is 13.7. The highest BCUT2D eigenvalue weighted by Crippen LogP contribution is 2.35. The molecule has 1 saturated heterocycles. The lowest BCUT2D eigenvalue weighted by molar-refractivity contribution is 0.0519. The Balaban J connectivity index is 1.91. The smallest absolute Gasteiger partial charge is 0.354 e. The first-order valence-corrected chi connectivity index (χ1v) is 8.02. The molecule has 0 spiro atoms. The summed E-state index contributed by atoms with van der Waals surface area (Å²) in [6.07, 6.45) is 3.10. The summed E-state index contributed by atoms with van der Waals surface area (Å²) in [6.45, 7) is 4.67. The topological polar surface area (TPSA) is 83.6 Å². The molecule has 1 fully saturated rings. The van der Waals surface area contributed by atoms with Crippen molar-refractivity contribution < 1.29 is 19.1 Å². The van der Waals surface area contributed by atoms with Crippen LogP contribution in [0, 0.1) is 12.8 Å². The number of aromatic carboxylic acids is 1. The molecule has 3 heterocycles. The molecule has 0 radical (unpaired) electrons. The first-order valence-electron chi connectivity index (χ1n) is 8.02. The summed E-state index contributed by atoms with van der Waals surface area (Å²) in [4.78, 5) is 29.6. The van der Waals surface area contributed by atoms with Gasteiger partial charge in [-0.2, -0.15) is 0 Å². The number of amides is 1. The molecule has 0 saturated carbocycles. The average molecular weight is 328 g/mol. The molecule has 6 nitrogen and oxygen atoms in total. The average Bonchev–Trinajstić information content (AvgIpc) is 3.00. The van der Waals surface area contributed by atoms with E-state index in [9.17, 15) is 9.59 Å². The summed E-state index contributed by atoms with van der Waals surface area (Å²) in [5.41, 5.74) is 0.210. The number of carboxylic acid groups (broad SMARTS) is 1. The van der Waals surface area contributed by atoms with Gasteiger partial charge in [0.2, 0.25) is 0 Å². The van der Waals surface area contributed by atoms with Crippen molar-refractivity contribution in [2.24, 2.45) is 5.92 Å². The highest BCUT2D eigenvalue weighted by Gasteiger charge is 2.33. The number of aromatic nitrogens is 1. The number of aryl methyl sites for hydroxylation is 1. The predicted octanol–water partition coefficient (Wildman–Crippen LogP) is 3.29. The van der Waals surface area contributed by atoms with Crippen LogP contribution in [0.1, 0.15) is 58.2 Å². The molecule has 1 aliphatic heterocycles. The van der Waals surface area contributed by atoms with Gasteiger partial charge in [0.25, 0.3) is 5.91 Å². The number of hydrogen-bond acceptors (Lipinski definition) is 4. The molecule has 1 amide bonds. The number of rotatable bonds is 3. The maximum atomic E-state index is 12.9. The van der Waals surface area contributed by atoms with Gasteiger partial charge in [-0.15, -0.1) is 0 Å². The first-order chi connectivity index (χ1) is 11.5. The third-order valence-corrected chi connectivity index (χ3v) is 4.44. The number of nitrogens with zero attached hydrogens (tertiary/aromatic N) is 2. The number of carbonyl (C=O) groups excluding carboxylic acids is 1. The van der Waals surface area contributed by atoms with Gasteiger partial charge in [0.15, 0.2) is 0 Å². The first kappa shape index (κ1) is 16.2. The van der Waals surface area contributed by atoms with Crippen molar-refractivity contribution in [2.75, 3.05) is 6.54 Å². The largest absolute Gasteiger partial charge is 0.477 e. The molecule has 2 unspecified atom stereocenters. The summed E-state index contributed by atoms with van der Waals surface area (Å²) in [5.74, 6) is 0.755. The van der Waals surface area contributed by atoms with Gasteiger partial charge in [0, 0.05) is 18.3 Å². The van der Waals surface area contributed by atoms with Crippen molar-refractivity contribution in [3.8, 4) is 0 Å². The van der Waals surface area contributed by atoms with E-state index in [4.69, 9.17) is 9.52 Å². The van der Waals surface area contributed by atoms with Crippen molar-refractivity contribution in [3.63, 3.8) is 0 Å². The molecule has 3 rings (SSSR count). The van der Waals surface area contributed by atoms with Gasteiger partial charge in [0.1, 0.15) is 17.2 Å². The van der Waals surface area contributed by atoms with E-state index < -0.39 is 5.97 Å². The van der Waals surface area contributed by atoms with Crippen LogP contribution in [0.2, 0.25) is 0 Å². The van der Waals surface area contributed by atoms with E-state index in [2.05, 4.69) is 11.9 Å². The van der Waals surface area contributed by atoms with Crippen LogP contribution in [0.15, 0.2) is 34.9 Å². The molecule has 0 aliphatic carbocycles. The maximum Gasteiger partial charge on any atom is 0.354 e. The number of piperidine rings is 1. The van der Waals surface area contributed by atoms with E-state index in [1.807, 2.05) is 19.1 Å². The third-order valence-electron chi connectivity index (χ3n) is 4.44. The zero-order valence-corrected chi connectivity index (χ0v) is 13.7. The highest BCUT2D eigenvalue weighted by molar-refractivity contribution is 5.96. The van der Waals surface area contributed by atoms with Gasteiger partial charge in [-0.25, -0.2) is 9.78 Å². The van der Waals surface area contributed by atoms with Gasteiger partial charge in [-0.05, 0) is 49.9 Å². The van der Waals surface area contributed by atoms with Gasteiger partial charge < -0.3 is 14.4 Å². The second-order valence-electron chi connectivity index (χ2n) is 6.33. The number of carbonyl (C=O) groups is 2. The summed E-state index contributed by atoms with van der Waals surface area (Å²) >= 11 is 0. The number of hydrogen-bond donors (Lipinski definition) is 1. The fourth-order valence-corrected chi connectivity index (χ4v) is 3.13. The van der Waals surface area contributed by atoms with Crippen LogP contribution in [-0.4, -0.2) is 33.4 Å². The fraction of sp³-hybridized carbons (Fsp3) is 0.389. The highest BCUT2D eigenvalue weighted by atomic mass is 16.4. The molecule has 126 valence electrons. The van der Waals surface area contributed by atoms with Crippen LogP contribution in [0.4, 0.5) is 0 Å².